The molecule has 3 nitrogen and oxygen atoms in total. The molecule has 0 fully saturated rings. The van der Waals surface area contributed by atoms with Crippen molar-refractivity contribution in [3.63, 3.8) is 0 Å². The van der Waals surface area contributed by atoms with Crippen LogP contribution in [0.3, 0.4) is 0 Å². The minimum atomic E-state index is -4.00. The van der Waals surface area contributed by atoms with E-state index < -0.39 is 18.6 Å². The molecule has 0 aromatic heterocycles. The second-order valence-corrected chi connectivity index (χ2v) is 8.02. The Morgan fingerprint density at radius 1 is 0.774 bits per heavy atom. The molecule has 0 atom stereocenters. The minimum Gasteiger partial charge on any atom is -0.472 e. The van der Waals surface area contributed by atoms with Gasteiger partial charge in [-0.25, -0.2) is 4.79 Å². The first-order chi connectivity index (χ1) is 14.9. The molecule has 0 aliphatic heterocycles. The summed E-state index contributed by atoms with van der Waals surface area (Å²) in [6.45, 7) is 0.920. The van der Waals surface area contributed by atoms with Crippen molar-refractivity contribution in [2.24, 2.45) is 0 Å². The average molecular weight is 440 g/mol. The van der Waals surface area contributed by atoms with E-state index in [1.165, 1.54) is 44.9 Å². The third-order valence-electron chi connectivity index (χ3n) is 5.16. The van der Waals surface area contributed by atoms with Gasteiger partial charge in [-0.1, -0.05) is 76.5 Å². The molecule has 1 aromatic carbocycles. The summed E-state index contributed by atoms with van der Waals surface area (Å²) in [4.78, 5) is 10.4. The maximum absolute atomic E-state index is 12.0. The third-order valence-corrected chi connectivity index (χ3v) is 5.16. The highest BCUT2D eigenvalue weighted by molar-refractivity contribution is 5.87. The van der Waals surface area contributed by atoms with Crippen molar-refractivity contribution in [2.75, 3.05) is 11.9 Å². The molecule has 2 N–H and O–H groups in total. The molecule has 0 saturated heterocycles. The zero-order chi connectivity index (χ0) is 22.8. The number of aliphatic carboxylic acids is 1. The number of anilines is 1. The molecule has 0 saturated carbocycles. The van der Waals surface area contributed by atoms with Crippen LogP contribution in [0.1, 0.15) is 95.5 Å². The van der Waals surface area contributed by atoms with Crippen molar-refractivity contribution < 1.29 is 23.1 Å². The van der Waals surface area contributed by atoms with Crippen LogP contribution in [0.5, 0.6) is 0 Å². The van der Waals surface area contributed by atoms with Gasteiger partial charge in [0.1, 0.15) is 0 Å². The molecule has 0 aliphatic rings. The number of hydrogen-bond donors (Lipinski definition) is 2. The average Bonchev–Trinajstić information content (AvgIpc) is 2.72. The van der Waals surface area contributed by atoms with Crippen molar-refractivity contribution in [2.45, 2.75) is 96.1 Å². The van der Waals surface area contributed by atoms with Crippen LogP contribution in [0.15, 0.2) is 24.3 Å². The molecule has 31 heavy (non-hydrogen) atoms. The lowest BCUT2D eigenvalue weighted by Gasteiger charge is -2.07. The second-order valence-electron chi connectivity index (χ2n) is 8.02. The fourth-order valence-electron chi connectivity index (χ4n) is 3.42. The number of carbonyl (C=O) groups is 1. The first-order valence-electron chi connectivity index (χ1n) is 11.5. The molecule has 1 aromatic rings. The van der Waals surface area contributed by atoms with Gasteiger partial charge in [0.25, 0.3) is 0 Å². The Labute approximate surface area is 184 Å². The van der Waals surface area contributed by atoms with Gasteiger partial charge >= 0.3 is 12.1 Å². The molecule has 1 rings (SSSR count). The molecular formula is C25H36F3NO2. The lowest BCUT2D eigenvalue weighted by Crippen LogP contribution is -2.06. The second kappa shape index (κ2) is 16.5. The number of benzene rings is 1. The smallest absolute Gasteiger partial charge is 0.389 e. The fraction of sp³-hybridized carbons (Fsp3) is 0.640. The van der Waals surface area contributed by atoms with Crippen LogP contribution in [0.2, 0.25) is 0 Å². The highest BCUT2D eigenvalue weighted by Crippen LogP contribution is 2.23. The predicted molar refractivity (Wildman–Crippen MR) is 120 cm³/mol. The summed E-state index contributed by atoms with van der Waals surface area (Å²) in [7, 11) is 0. The first kappa shape index (κ1) is 26.9. The Hall–Kier alpha value is -2.16. The van der Waals surface area contributed by atoms with Gasteiger partial charge in [-0.2, -0.15) is 13.2 Å². The number of unbranched alkanes of at least 4 members (excludes halogenated alkanes) is 12. The van der Waals surface area contributed by atoms with E-state index in [4.69, 9.17) is 5.11 Å². The van der Waals surface area contributed by atoms with Crippen LogP contribution in [0, 0.1) is 11.8 Å². The van der Waals surface area contributed by atoms with Crippen molar-refractivity contribution in [1.29, 1.82) is 0 Å². The molecule has 0 bridgehead atoms. The number of carboxylic acids is 1. The summed E-state index contributed by atoms with van der Waals surface area (Å²) in [6, 6.07) is 7.45. The van der Waals surface area contributed by atoms with Gasteiger partial charge in [0, 0.05) is 30.1 Å². The van der Waals surface area contributed by atoms with Gasteiger partial charge in [0.2, 0.25) is 0 Å². The highest BCUT2D eigenvalue weighted by Gasteiger charge is 2.25. The molecular weight excluding hydrogens is 403 g/mol. The topological polar surface area (TPSA) is 49.3 Å². The lowest BCUT2D eigenvalue weighted by molar-refractivity contribution is -0.135. The maximum Gasteiger partial charge on any atom is 0.389 e. The van der Waals surface area contributed by atoms with E-state index in [0.717, 1.165) is 37.9 Å². The van der Waals surface area contributed by atoms with Gasteiger partial charge in [0.05, 0.1) is 0 Å². The van der Waals surface area contributed by atoms with Crippen molar-refractivity contribution in [3.05, 3.63) is 29.8 Å². The van der Waals surface area contributed by atoms with Crippen LogP contribution < -0.4 is 5.32 Å². The van der Waals surface area contributed by atoms with Crippen molar-refractivity contribution >= 4 is 11.7 Å². The minimum absolute atomic E-state index is 0.273. The summed E-state index contributed by atoms with van der Waals surface area (Å²) in [5.41, 5.74) is 1.70. The highest BCUT2D eigenvalue weighted by atomic mass is 19.4. The summed E-state index contributed by atoms with van der Waals surface area (Å²) in [6.07, 6.45) is 9.23. The SMILES string of the molecule is O=C(O)C#Cc1ccc(NCCCCCCCCCCCCCCCC(F)(F)F)cc1. The summed E-state index contributed by atoms with van der Waals surface area (Å²) in [5, 5.41) is 11.9. The van der Waals surface area contributed by atoms with Crippen LogP contribution >= 0.6 is 0 Å². The normalized spacial score (nSPS) is 11.1. The number of halogens is 3. The summed E-state index contributed by atoms with van der Waals surface area (Å²) < 4.78 is 36.1. The zero-order valence-corrected chi connectivity index (χ0v) is 18.4. The van der Waals surface area contributed by atoms with Gasteiger partial charge in [-0.05, 0) is 37.1 Å². The lowest BCUT2D eigenvalue weighted by atomic mass is 10.0. The largest absolute Gasteiger partial charge is 0.472 e. The predicted octanol–water partition coefficient (Wildman–Crippen LogP) is 7.56. The van der Waals surface area contributed by atoms with E-state index in [2.05, 4.69) is 17.2 Å². The molecule has 0 radical (unpaired) electrons. The van der Waals surface area contributed by atoms with Crippen LogP contribution in [0.25, 0.3) is 0 Å². The number of nitrogens with one attached hydrogen (secondary N) is 1. The quantitative estimate of drug-likeness (QED) is 0.206. The van der Waals surface area contributed by atoms with Gasteiger partial charge in [-0.15, -0.1) is 0 Å². The molecule has 0 amide bonds. The van der Waals surface area contributed by atoms with E-state index in [1.54, 1.807) is 0 Å². The fourth-order valence-corrected chi connectivity index (χ4v) is 3.42. The van der Waals surface area contributed by atoms with Gasteiger partial charge < -0.3 is 10.4 Å². The third kappa shape index (κ3) is 17.2. The van der Waals surface area contributed by atoms with Crippen LogP contribution in [-0.2, 0) is 4.79 Å². The van der Waals surface area contributed by atoms with E-state index in [1.807, 2.05) is 24.3 Å². The Morgan fingerprint density at radius 2 is 1.23 bits per heavy atom. The molecule has 0 heterocycles. The monoisotopic (exact) mass is 439 g/mol. The van der Waals surface area contributed by atoms with Crippen molar-refractivity contribution in [1.82, 2.24) is 0 Å². The van der Waals surface area contributed by atoms with Crippen LogP contribution in [0.4, 0.5) is 18.9 Å². The number of rotatable bonds is 16. The Bertz CT molecular complexity index is 660. The summed E-state index contributed by atoms with van der Waals surface area (Å²) in [5.74, 6) is 3.56. The van der Waals surface area contributed by atoms with Gasteiger partial charge in [-0.3, -0.25) is 0 Å². The molecule has 6 heteroatoms. The van der Waals surface area contributed by atoms with Gasteiger partial charge in [0.15, 0.2) is 0 Å². The standard InChI is InChI=1S/C25H36F3NO2/c26-25(27,28)20-12-10-8-6-4-2-1-3-5-7-9-11-13-21-29-23-17-14-22(15-18-23)16-19-24(30)31/h14-15,17-18,29H,1-13,20-21H2,(H,30,31). The number of carboxylic acid groups (broad SMARTS) is 1. The first-order valence-corrected chi connectivity index (χ1v) is 11.5. The Kier molecular flexibility index (Phi) is 14.3. The van der Waals surface area contributed by atoms with E-state index in [-0.39, 0.29) is 6.42 Å². The van der Waals surface area contributed by atoms with E-state index in [9.17, 15) is 18.0 Å². The van der Waals surface area contributed by atoms with E-state index in [0.29, 0.717) is 12.0 Å². The van der Waals surface area contributed by atoms with Crippen LogP contribution in [-0.4, -0.2) is 23.8 Å². The Morgan fingerprint density at radius 3 is 1.68 bits per heavy atom. The molecule has 0 spiro atoms. The molecule has 0 aliphatic carbocycles. The van der Waals surface area contributed by atoms with Crippen molar-refractivity contribution in [3.8, 4) is 11.8 Å². The Balaban J connectivity index is 1.86. The summed E-state index contributed by atoms with van der Waals surface area (Å²) >= 11 is 0. The zero-order valence-electron chi connectivity index (χ0n) is 18.4. The maximum atomic E-state index is 12.0. The number of alkyl halides is 3. The molecule has 0 unspecified atom stereocenters. The van der Waals surface area contributed by atoms with E-state index >= 15 is 0 Å². The molecule has 174 valence electrons. The number of hydrogen-bond acceptors (Lipinski definition) is 2.